The monoisotopic (exact) mass is 450 g/mol. The molecule has 3 unspecified atom stereocenters. The Balaban J connectivity index is 1.68. The summed E-state index contributed by atoms with van der Waals surface area (Å²) in [6.07, 6.45) is 2.73. The van der Waals surface area contributed by atoms with Crippen molar-refractivity contribution in [3.8, 4) is 0 Å². The largest absolute Gasteiger partial charge is 0.452 e. The van der Waals surface area contributed by atoms with E-state index < -0.39 is 21.2 Å². The Morgan fingerprint density at radius 1 is 1.16 bits per heavy atom. The van der Waals surface area contributed by atoms with Gasteiger partial charge in [0, 0.05) is 30.2 Å². The average Bonchev–Trinajstić information content (AvgIpc) is 3.35. The van der Waals surface area contributed by atoms with Crippen molar-refractivity contribution < 1.29 is 17.9 Å². The van der Waals surface area contributed by atoms with E-state index in [-0.39, 0.29) is 12.0 Å². The Morgan fingerprint density at radius 2 is 1.88 bits per heavy atom. The van der Waals surface area contributed by atoms with E-state index in [0.717, 1.165) is 22.2 Å². The molecule has 0 radical (unpaired) electrons. The van der Waals surface area contributed by atoms with Crippen LogP contribution in [-0.2, 0) is 21.0 Å². The number of likely N-dealkylation sites (tertiary alicyclic amines) is 1. The van der Waals surface area contributed by atoms with Crippen molar-refractivity contribution >= 4 is 26.8 Å². The van der Waals surface area contributed by atoms with Crippen molar-refractivity contribution in [2.24, 2.45) is 5.92 Å². The molecule has 6 nitrogen and oxygen atoms in total. The summed E-state index contributed by atoms with van der Waals surface area (Å²) in [6.45, 7) is 4.92. The fourth-order valence-electron chi connectivity index (χ4n) is 5.66. The average molecular weight is 451 g/mol. The number of benzene rings is 2. The molecule has 1 saturated heterocycles. The highest BCUT2D eigenvalue weighted by Crippen LogP contribution is 2.51. The number of hydrogen-bond acceptors (Lipinski definition) is 5. The number of aromatic nitrogens is 1. The van der Waals surface area contributed by atoms with E-state index in [0.29, 0.717) is 30.8 Å². The first-order chi connectivity index (χ1) is 15.5. The highest BCUT2D eigenvalue weighted by molar-refractivity contribution is 7.92. The minimum absolute atomic E-state index is 0.0652. The molecule has 0 amide bonds. The van der Waals surface area contributed by atoms with Gasteiger partial charge in [-0.15, -0.1) is 6.58 Å². The molecule has 0 spiro atoms. The summed E-state index contributed by atoms with van der Waals surface area (Å²) in [6, 6.07) is 16.4. The molecule has 1 aliphatic carbocycles. The highest BCUT2D eigenvalue weighted by atomic mass is 32.2. The zero-order valence-electron chi connectivity index (χ0n) is 18.0. The smallest absolute Gasteiger partial charge is 0.418 e. The van der Waals surface area contributed by atoms with Gasteiger partial charge in [-0.1, -0.05) is 42.5 Å². The van der Waals surface area contributed by atoms with Gasteiger partial charge in [-0.3, -0.25) is 4.90 Å². The lowest BCUT2D eigenvalue weighted by Crippen LogP contribution is -2.32. The zero-order valence-corrected chi connectivity index (χ0v) is 18.8. The number of methoxy groups -OCH3 is 1. The third-order valence-corrected chi connectivity index (χ3v) is 9.13. The topological polar surface area (TPSA) is 68.6 Å². The van der Waals surface area contributed by atoms with E-state index in [1.54, 1.807) is 28.8 Å². The Morgan fingerprint density at radius 3 is 2.59 bits per heavy atom. The fourth-order valence-corrected chi connectivity index (χ4v) is 7.68. The second-order valence-corrected chi connectivity index (χ2v) is 10.6. The standard InChI is InChI=1S/C25H26N2O4S/c1-3-15-26-16-22(32(29,30)17-9-5-4-6-10-17)19-13-14-21-23(24(19)26)18-11-7-8-12-20(18)27(21)25(28)31-2/h3-12,19,22,24H,1,13-16H2,2H3. The van der Waals surface area contributed by atoms with Crippen LogP contribution in [0.15, 0.2) is 72.1 Å². The van der Waals surface area contributed by atoms with Crippen LogP contribution in [0.25, 0.3) is 10.9 Å². The molecule has 2 aromatic carbocycles. The number of ether oxygens (including phenoxy) is 1. The Labute approximate surface area is 188 Å². The van der Waals surface area contributed by atoms with Crippen molar-refractivity contribution in [1.82, 2.24) is 9.47 Å². The Bertz CT molecular complexity index is 1300. The lowest BCUT2D eigenvalue weighted by atomic mass is 9.82. The van der Waals surface area contributed by atoms with E-state index in [9.17, 15) is 13.2 Å². The molecule has 7 heteroatoms. The molecule has 1 fully saturated rings. The summed E-state index contributed by atoms with van der Waals surface area (Å²) >= 11 is 0. The van der Waals surface area contributed by atoms with E-state index in [1.165, 1.54) is 7.11 Å². The van der Waals surface area contributed by atoms with E-state index in [2.05, 4.69) is 11.5 Å². The molecule has 0 N–H and O–H groups in total. The third-order valence-electron chi connectivity index (χ3n) is 6.91. The molecule has 3 atom stereocenters. The number of sulfone groups is 1. The van der Waals surface area contributed by atoms with Gasteiger partial charge in [0.15, 0.2) is 9.84 Å². The minimum Gasteiger partial charge on any atom is -0.452 e. The zero-order chi connectivity index (χ0) is 22.5. The molecule has 2 heterocycles. The second kappa shape index (κ2) is 7.90. The maximum absolute atomic E-state index is 13.6. The summed E-state index contributed by atoms with van der Waals surface area (Å²) in [5.74, 6) is -0.0652. The number of carbonyl (C=O) groups excluding carboxylic acids is 1. The van der Waals surface area contributed by atoms with E-state index in [1.807, 2.05) is 36.4 Å². The van der Waals surface area contributed by atoms with Crippen LogP contribution in [0.1, 0.15) is 23.7 Å². The van der Waals surface area contributed by atoms with Crippen molar-refractivity contribution in [3.63, 3.8) is 0 Å². The molecule has 1 aliphatic heterocycles. The lowest BCUT2D eigenvalue weighted by molar-refractivity contribution is 0.172. The van der Waals surface area contributed by atoms with Crippen LogP contribution in [-0.4, -0.2) is 49.4 Å². The molecule has 0 saturated carbocycles. The third kappa shape index (κ3) is 3.03. The predicted molar refractivity (Wildman–Crippen MR) is 123 cm³/mol. The molecule has 166 valence electrons. The maximum Gasteiger partial charge on any atom is 0.418 e. The molecule has 5 rings (SSSR count). The lowest BCUT2D eigenvalue weighted by Gasteiger charge is -2.33. The van der Waals surface area contributed by atoms with Gasteiger partial charge >= 0.3 is 6.09 Å². The van der Waals surface area contributed by atoms with Crippen LogP contribution < -0.4 is 0 Å². The second-order valence-electron chi connectivity index (χ2n) is 8.47. The fraction of sp³-hybridized carbons (Fsp3) is 0.320. The molecule has 3 aromatic rings. The molecule has 0 bridgehead atoms. The Kier molecular flexibility index (Phi) is 5.18. The van der Waals surface area contributed by atoms with E-state index >= 15 is 0 Å². The van der Waals surface area contributed by atoms with Crippen LogP contribution in [0.3, 0.4) is 0 Å². The minimum atomic E-state index is -3.50. The normalized spacial score (nSPS) is 23.0. The first-order valence-electron chi connectivity index (χ1n) is 10.8. The molecule has 32 heavy (non-hydrogen) atoms. The first-order valence-corrected chi connectivity index (χ1v) is 12.4. The molecule has 2 aliphatic rings. The van der Waals surface area contributed by atoms with E-state index in [4.69, 9.17) is 4.74 Å². The van der Waals surface area contributed by atoms with Gasteiger partial charge in [-0.05, 0) is 42.5 Å². The van der Waals surface area contributed by atoms with Gasteiger partial charge in [-0.2, -0.15) is 0 Å². The van der Waals surface area contributed by atoms with Gasteiger partial charge in [0.2, 0.25) is 0 Å². The summed E-state index contributed by atoms with van der Waals surface area (Å²) in [4.78, 5) is 15.3. The van der Waals surface area contributed by atoms with Crippen molar-refractivity contribution in [2.75, 3.05) is 20.2 Å². The maximum atomic E-state index is 13.6. The number of fused-ring (bicyclic) bond motifs is 5. The first kappa shape index (κ1) is 21.0. The number of nitrogens with zero attached hydrogens (tertiary/aromatic N) is 2. The number of hydrogen-bond donors (Lipinski definition) is 0. The van der Waals surface area contributed by atoms with Crippen molar-refractivity contribution in [2.45, 2.75) is 29.0 Å². The SMILES string of the molecule is C=CCN1CC(S(=O)(=O)c2ccccc2)C2CCc3c(c4ccccc4n3C(=O)OC)C21. The van der Waals surface area contributed by atoms with Crippen LogP contribution in [0.2, 0.25) is 0 Å². The number of carbonyl (C=O) groups is 1. The van der Waals surface area contributed by atoms with Crippen LogP contribution in [0.4, 0.5) is 4.79 Å². The quantitative estimate of drug-likeness (QED) is 0.557. The molecular formula is C25H26N2O4S. The highest BCUT2D eigenvalue weighted by Gasteiger charge is 2.51. The van der Waals surface area contributed by atoms with Crippen LogP contribution >= 0.6 is 0 Å². The summed E-state index contributed by atoms with van der Waals surface area (Å²) in [5.41, 5.74) is 2.78. The van der Waals surface area contributed by atoms with Gasteiger partial charge in [-0.25, -0.2) is 17.8 Å². The van der Waals surface area contributed by atoms with Gasteiger partial charge in [0.05, 0.1) is 22.8 Å². The van der Waals surface area contributed by atoms with Crippen molar-refractivity contribution in [1.29, 1.82) is 0 Å². The summed E-state index contributed by atoms with van der Waals surface area (Å²) in [7, 11) is -2.12. The van der Waals surface area contributed by atoms with Gasteiger partial charge in [0.25, 0.3) is 0 Å². The van der Waals surface area contributed by atoms with Gasteiger partial charge < -0.3 is 4.74 Å². The summed E-state index contributed by atoms with van der Waals surface area (Å²) < 4.78 is 34.0. The number of rotatable bonds is 4. The number of para-hydroxylation sites is 1. The van der Waals surface area contributed by atoms with Crippen LogP contribution in [0, 0.1) is 5.92 Å². The molecular weight excluding hydrogens is 424 g/mol. The summed E-state index contributed by atoms with van der Waals surface area (Å²) in [5, 5.41) is 0.470. The van der Waals surface area contributed by atoms with Crippen molar-refractivity contribution in [3.05, 3.63) is 78.5 Å². The molecule has 1 aromatic heterocycles. The predicted octanol–water partition coefficient (Wildman–Crippen LogP) is 4.20. The Hall–Kier alpha value is -2.90. The van der Waals surface area contributed by atoms with Gasteiger partial charge in [0.1, 0.15) is 0 Å². The van der Waals surface area contributed by atoms with Crippen LogP contribution in [0.5, 0.6) is 0 Å².